The summed E-state index contributed by atoms with van der Waals surface area (Å²) in [4.78, 5) is 22.6. The Morgan fingerprint density at radius 2 is 2.17 bits per heavy atom. The van der Waals surface area contributed by atoms with Crippen molar-refractivity contribution in [3.05, 3.63) is 24.3 Å². The highest BCUT2D eigenvalue weighted by Gasteiger charge is 2.30. The molecule has 0 unspecified atom stereocenters. The van der Waals surface area contributed by atoms with Crippen molar-refractivity contribution in [3.8, 4) is 0 Å². The Bertz CT molecular complexity index is 516. The molecule has 6 nitrogen and oxygen atoms in total. The topological polar surface area (TPSA) is 64.5 Å². The van der Waals surface area contributed by atoms with E-state index in [-0.39, 0.29) is 18.2 Å². The van der Waals surface area contributed by atoms with Gasteiger partial charge in [0.2, 0.25) is 0 Å². The maximum Gasteiger partial charge on any atom is 0.410 e. The SMILES string of the molecule is C[C@@H](OCC[C@@H]1CCCCN1C(=O)OC(C)(C)C)c1cnccn1. The van der Waals surface area contributed by atoms with Crippen molar-refractivity contribution in [2.24, 2.45) is 0 Å². The summed E-state index contributed by atoms with van der Waals surface area (Å²) < 4.78 is 11.4. The third-order valence-corrected chi connectivity index (χ3v) is 4.07. The van der Waals surface area contributed by atoms with Crippen LogP contribution in [0.25, 0.3) is 0 Å². The van der Waals surface area contributed by atoms with E-state index < -0.39 is 5.60 Å². The first kappa shape index (κ1) is 18.6. The molecule has 0 spiro atoms. The third kappa shape index (κ3) is 5.74. The van der Waals surface area contributed by atoms with Gasteiger partial charge in [-0.2, -0.15) is 0 Å². The average Bonchev–Trinajstić information content (AvgIpc) is 2.54. The Morgan fingerprint density at radius 1 is 1.38 bits per heavy atom. The number of amides is 1. The summed E-state index contributed by atoms with van der Waals surface area (Å²) in [7, 11) is 0. The van der Waals surface area contributed by atoms with Crippen molar-refractivity contribution in [1.82, 2.24) is 14.9 Å². The number of hydrogen-bond donors (Lipinski definition) is 0. The van der Waals surface area contributed by atoms with Gasteiger partial charge in [-0.25, -0.2) is 4.79 Å². The van der Waals surface area contributed by atoms with E-state index in [1.54, 1.807) is 18.6 Å². The molecule has 134 valence electrons. The predicted molar refractivity (Wildman–Crippen MR) is 91.6 cm³/mol. The first-order valence-electron chi connectivity index (χ1n) is 8.74. The molecule has 2 atom stereocenters. The van der Waals surface area contributed by atoms with E-state index in [1.165, 1.54) is 0 Å². The lowest BCUT2D eigenvalue weighted by Gasteiger charge is -2.36. The minimum absolute atomic E-state index is 0.0998. The van der Waals surface area contributed by atoms with E-state index in [4.69, 9.17) is 9.47 Å². The van der Waals surface area contributed by atoms with E-state index in [0.29, 0.717) is 6.61 Å². The fourth-order valence-corrected chi connectivity index (χ4v) is 2.85. The van der Waals surface area contributed by atoms with Crippen LogP contribution in [-0.2, 0) is 9.47 Å². The van der Waals surface area contributed by atoms with Gasteiger partial charge in [-0.1, -0.05) is 0 Å². The van der Waals surface area contributed by atoms with Crippen LogP contribution in [0.1, 0.15) is 65.2 Å². The van der Waals surface area contributed by atoms with E-state index in [9.17, 15) is 4.79 Å². The summed E-state index contributed by atoms with van der Waals surface area (Å²) in [6, 6.07) is 0.183. The maximum absolute atomic E-state index is 12.4. The molecule has 1 aliphatic rings. The number of piperidine rings is 1. The highest BCUT2D eigenvalue weighted by Crippen LogP contribution is 2.23. The molecule has 0 saturated carbocycles. The summed E-state index contributed by atoms with van der Waals surface area (Å²) in [6.07, 6.45) is 8.71. The molecule has 0 radical (unpaired) electrons. The van der Waals surface area contributed by atoms with Gasteiger partial charge in [0, 0.05) is 31.6 Å². The molecule has 24 heavy (non-hydrogen) atoms. The van der Waals surface area contributed by atoms with Crippen molar-refractivity contribution in [1.29, 1.82) is 0 Å². The second kappa shape index (κ2) is 8.42. The van der Waals surface area contributed by atoms with Crippen LogP contribution >= 0.6 is 0 Å². The van der Waals surface area contributed by atoms with Gasteiger partial charge in [-0.05, 0) is 53.4 Å². The third-order valence-electron chi connectivity index (χ3n) is 4.07. The highest BCUT2D eigenvalue weighted by molar-refractivity contribution is 5.68. The van der Waals surface area contributed by atoms with Gasteiger partial charge in [-0.3, -0.25) is 9.97 Å². The van der Waals surface area contributed by atoms with Crippen molar-refractivity contribution < 1.29 is 14.3 Å². The summed E-state index contributed by atoms with van der Waals surface area (Å²) in [6.45, 7) is 9.01. The van der Waals surface area contributed by atoms with E-state index >= 15 is 0 Å². The van der Waals surface area contributed by atoms with Crippen molar-refractivity contribution in [2.45, 2.75) is 71.1 Å². The summed E-state index contributed by atoms with van der Waals surface area (Å²) in [5.41, 5.74) is 0.362. The zero-order valence-electron chi connectivity index (χ0n) is 15.2. The predicted octanol–water partition coefficient (Wildman–Crippen LogP) is 3.73. The Labute approximate surface area is 144 Å². The summed E-state index contributed by atoms with van der Waals surface area (Å²) in [5, 5.41) is 0. The molecule has 0 N–H and O–H groups in total. The summed E-state index contributed by atoms with van der Waals surface area (Å²) in [5.74, 6) is 0. The first-order valence-corrected chi connectivity index (χ1v) is 8.74. The van der Waals surface area contributed by atoms with Gasteiger partial charge in [0.05, 0.1) is 18.0 Å². The fraction of sp³-hybridized carbons (Fsp3) is 0.722. The zero-order valence-corrected chi connectivity index (χ0v) is 15.2. The summed E-state index contributed by atoms with van der Waals surface area (Å²) >= 11 is 0. The number of carbonyl (C=O) groups excluding carboxylic acids is 1. The first-order chi connectivity index (χ1) is 11.4. The monoisotopic (exact) mass is 335 g/mol. The van der Waals surface area contributed by atoms with Crippen LogP contribution in [0.15, 0.2) is 18.6 Å². The van der Waals surface area contributed by atoms with Crippen LogP contribution in [0.3, 0.4) is 0 Å². The lowest BCUT2D eigenvalue weighted by Crippen LogP contribution is -2.46. The zero-order chi connectivity index (χ0) is 17.6. The lowest BCUT2D eigenvalue weighted by molar-refractivity contribution is -0.000633. The van der Waals surface area contributed by atoms with Crippen LogP contribution in [-0.4, -0.2) is 45.8 Å². The van der Waals surface area contributed by atoms with Crippen LogP contribution in [0.2, 0.25) is 0 Å². The molecular weight excluding hydrogens is 306 g/mol. The standard InChI is InChI=1S/C18H29N3O3/c1-14(16-13-19-9-10-20-16)23-12-8-15-7-5-6-11-21(15)17(22)24-18(2,3)4/h9-10,13-15H,5-8,11-12H2,1-4H3/t14-,15+/m1/s1. The number of rotatable bonds is 5. The van der Waals surface area contributed by atoms with Gasteiger partial charge in [-0.15, -0.1) is 0 Å². The molecule has 1 saturated heterocycles. The molecule has 0 aromatic carbocycles. The Morgan fingerprint density at radius 3 is 2.83 bits per heavy atom. The van der Waals surface area contributed by atoms with Crippen molar-refractivity contribution >= 4 is 6.09 Å². The number of nitrogens with zero attached hydrogens (tertiary/aromatic N) is 3. The molecule has 1 aliphatic heterocycles. The minimum Gasteiger partial charge on any atom is -0.444 e. The lowest BCUT2D eigenvalue weighted by atomic mass is 10.0. The molecule has 1 fully saturated rings. The molecular formula is C18H29N3O3. The minimum atomic E-state index is -0.462. The van der Waals surface area contributed by atoms with Crippen LogP contribution in [0.4, 0.5) is 4.79 Å². The van der Waals surface area contributed by atoms with Gasteiger partial charge in [0.15, 0.2) is 0 Å². The quantitative estimate of drug-likeness (QED) is 0.820. The van der Waals surface area contributed by atoms with E-state index in [0.717, 1.165) is 37.9 Å². The Hall–Kier alpha value is -1.69. The smallest absolute Gasteiger partial charge is 0.410 e. The number of ether oxygens (including phenoxy) is 2. The molecule has 1 amide bonds. The van der Waals surface area contributed by atoms with Crippen LogP contribution in [0.5, 0.6) is 0 Å². The molecule has 2 rings (SSSR count). The molecule has 2 heterocycles. The molecule has 0 aliphatic carbocycles. The molecule has 1 aromatic heterocycles. The largest absolute Gasteiger partial charge is 0.444 e. The highest BCUT2D eigenvalue weighted by atomic mass is 16.6. The second-order valence-electron chi connectivity index (χ2n) is 7.26. The number of hydrogen-bond acceptors (Lipinski definition) is 5. The van der Waals surface area contributed by atoms with Gasteiger partial charge in [0.1, 0.15) is 5.60 Å². The Kier molecular flexibility index (Phi) is 6.54. The van der Waals surface area contributed by atoms with E-state index in [1.807, 2.05) is 32.6 Å². The number of aromatic nitrogens is 2. The van der Waals surface area contributed by atoms with Gasteiger partial charge < -0.3 is 14.4 Å². The number of likely N-dealkylation sites (tertiary alicyclic amines) is 1. The maximum atomic E-state index is 12.4. The molecule has 0 bridgehead atoms. The van der Waals surface area contributed by atoms with Crippen molar-refractivity contribution in [3.63, 3.8) is 0 Å². The van der Waals surface area contributed by atoms with Crippen LogP contribution in [0, 0.1) is 0 Å². The van der Waals surface area contributed by atoms with Gasteiger partial charge in [0.25, 0.3) is 0 Å². The fourth-order valence-electron chi connectivity index (χ4n) is 2.85. The number of carbonyl (C=O) groups is 1. The van der Waals surface area contributed by atoms with Crippen molar-refractivity contribution in [2.75, 3.05) is 13.2 Å². The van der Waals surface area contributed by atoms with E-state index in [2.05, 4.69) is 9.97 Å². The normalized spacial score (nSPS) is 19.8. The Balaban J connectivity index is 1.84. The molecule has 6 heteroatoms. The van der Waals surface area contributed by atoms with Crippen LogP contribution < -0.4 is 0 Å². The second-order valence-corrected chi connectivity index (χ2v) is 7.26. The van der Waals surface area contributed by atoms with Gasteiger partial charge >= 0.3 is 6.09 Å². The average molecular weight is 335 g/mol. The molecule has 1 aromatic rings.